The second-order valence-corrected chi connectivity index (χ2v) is 18.9. The Kier molecular flexibility index (Phi) is 16.1. The van der Waals surface area contributed by atoms with Crippen LogP contribution in [-0.2, 0) is 49.6 Å². The van der Waals surface area contributed by atoms with Gasteiger partial charge >= 0.3 is 0 Å². The summed E-state index contributed by atoms with van der Waals surface area (Å²) in [6.07, 6.45) is 11.1. The van der Waals surface area contributed by atoms with E-state index in [4.69, 9.17) is 24.2 Å². The van der Waals surface area contributed by atoms with Gasteiger partial charge in [0.1, 0.15) is 0 Å². The minimum Gasteiger partial charge on any atom is -0.498 e. The Morgan fingerprint density at radius 1 is 1.09 bits per heavy atom. The molecule has 0 radical (unpaired) electrons. The van der Waals surface area contributed by atoms with Gasteiger partial charge in [-0.3, -0.25) is 29.9 Å². The lowest BCUT2D eigenvalue weighted by atomic mass is 9.84. The van der Waals surface area contributed by atoms with E-state index in [2.05, 4.69) is 107 Å². The molecule has 1 aromatic carbocycles. The smallest absolute Gasteiger partial charge is 0.222 e. The number of fused-ring (bicyclic) bond motifs is 3. The Bertz CT molecular complexity index is 2230. The molecule has 7 rings (SSSR count). The maximum atomic E-state index is 13.1. The third kappa shape index (κ3) is 12.1. The zero-order valence-electron chi connectivity index (χ0n) is 39.3. The molecule has 3 aromatic heterocycles. The number of aryl methyl sites for hydroxylation is 2. The second-order valence-electron chi connectivity index (χ2n) is 18.9. The third-order valence-electron chi connectivity index (χ3n) is 13.0. The summed E-state index contributed by atoms with van der Waals surface area (Å²) in [6, 6.07) is 14.3. The van der Waals surface area contributed by atoms with E-state index >= 15 is 0 Å². The molecule has 1 saturated carbocycles. The van der Waals surface area contributed by atoms with Crippen LogP contribution in [0.1, 0.15) is 108 Å². The van der Waals surface area contributed by atoms with Crippen LogP contribution in [0.3, 0.4) is 0 Å². The van der Waals surface area contributed by atoms with Gasteiger partial charge in [-0.25, -0.2) is 5.43 Å². The number of ether oxygens (including phenoxy) is 3. The SMILES string of the molecule is C=C(C)OCC(C)(C)Cc1c(-c2cc(N3CCN(C4CC4)CC3)cnc2C(C)OC)n(CC)c2ccc(-c3cc4cc(n3)CC(CCCCNNC=O)NC(=O)CCOCCC4)cc12. The number of pyridine rings is 2. The molecular weight excluding hydrogens is 805 g/mol. The number of allylic oxidation sites excluding steroid dienone is 1. The standard InChI is InChI=1S/C51H72N8O5/c1-8-59-47-17-14-38(46-27-37-12-11-24-63-25-18-48(61)56-39(29-40(26-37)55-46)13-9-10-19-53-54-34-60)28-43(47)45(31-51(5,6)33-64-35(2)3)50(59)44-30-42(32-52-49(44)36(4)62-7)58-22-20-57(21-23-58)41-15-16-41/h14,17,26-28,30,32,34,36,39,41,53H,2,8-13,15-16,18-25,29,31,33H2,1,3-7H3,(H,54,60)(H,56,61). The summed E-state index contributed by atoms with van der Waals surface area (Å²) in [4.78, 5) is 39.5. The highest BCUT2D eigenvalue weighted by Crippen LogP contribution is 2.43. The minimum atomic E-state index is -0.231. The van der Waals surface area contributed by atoms with Gasteiger partial charge in [0.15, 0.2) is 0 Å². The number of nitrogens with zero attached hydrogens (tertiary/aromatic N) is 5. The van der Waals surface area contributed by atoms with E-state index in [0.717, 1.165) is 111 Å². The molecule has 3 aliphatic rings. The molecule has 3 N–H and O–H groups in total. The van der Waals surface area contributed by atoms with Gasteiger partial charge in [0.05, 0.1) is 54.0 Å². The van der Waals surface area contributed by atoms with E-state index in [1.807, 2.05) is 6.92 Å². The average molecular weight is 877 g/mol. The van der Waals surface area contributed by atoms with E-state index in [1.54, 1.807) is 7.11 Å². The second kappa shape index (κ2) is 21.9. The highest BCUT2D eigenvalue weighted by molar-refractivity contribution is 5.95. The highest BCUT2D eigenvalue weighted by Gasteiger charge is 2.33. The molecule has 13 nitrogen and oxygen atoms in total. The van der Waals surface area contributed by atoms with Crippen molar-refractivity contribution in [3.8, 4) is 22.5 Å². The Balaban J connectivity index is 1.32. The summed E-state index contributed by atoms with van der Waals surface area (Å²) in [7, 11) is 1.77. The number of amides is 2. The number of anilines is 1. The zero-order valence-corrected chi connectivity index (χ0v) is 39.3. The van der Waals surface area contributed by atoms with Gasteiger partial charge in [0.2, 0.25) is 12.3 Å². The fraction of sp³-hybridized carbons (Fsp3) is 0.569. The lowest BCUT2D eigenvalue weighted by Gasteiger charge is -2.36. The van der Waals surface area contributed by atoms with Crippen molar-refractivity contribution in [2.24, 2.45) is 5.41 Å². The van der Waals surface area contributed by atoms with Gasteiger partial charge in [-0.1, -0.05) is 32.9 Å². The molecule has 2 amide bonds. The Labute approximate surface area is 380 Å². The molecule has 2 fully saturated rings. The topological polar surface area (TPSA) is 135 Å². The number of carbonyl (C=O) groups excluding carboxylic acids is 2. The third-order valence-corrected chi connectivity index (χ3v) is 13.0. The van der Waals surface area contributed by atoms with Crippen LogP contribution in [0.2, 0.25) is 0 Å². The molecule has 2 unspecified atom stereocenters. The quantitative estimate of drug-likeness (QED) is 0.0373. The van der Waals surface area contributed by atoms with Crippen LogP contribution in [0.4, 0.5) is 5.69 Å². The zero-order chi connectivity index (χ0) is 45.2. The fourth-order valence-corrected chi connectivity index (χ4v) is 9.48. The maximum absolute atomic E-state index is 13.1. The van der Waals surface area contributed by atoms with E-state index in [-0.39, 0.29) is 23.5 Å². The van der Waals surface area contributed by atoms with Crippen molar-refractivity contribution in [3.05, 3.63) is 77.4 Å². The highest BCUT2D eigenvalue weighted by atomic mass is 16.5. The molecule has 2 atom stereocenters. The number of rotatable bonds is 19. The van der Waals surface area contributed by atoms with Crippen molar-refractivity contribution >= 4 is 28.9 Å². The summed E-state index contributed by atoms with van der Waals surface area (Å²) in [6.45, 7) is 21.9. The first-order valence-electron chi connectivity index (χ1n) is 23.7. The number of hydrogen-bond donors (Lipinski definition) is 3. The first-order chi connectivity index (χ1) is 31.0. The number of hydrazine groups is 1. The van der Waals surface area contributed by atoms with Gasteiger partial charge in [0, 0.05) is 111 Å². The van der Waals surface area contributed by atoms with Crippen molar-refractivity contribution in [3.63, 3.8) is 0 Å². The average Bonchev–Trinajstić information content (AvgIpc) is 4.10. The predicted molar refractivity (Wildman–Crippen MR) is 255 cm³/mol. The van der Waals surface area contributed by atoms with Crippen molar-refractivity contribution in [1.29, 1.82) is 0 Å². The molecule has 346 valence electrons. The normalized spacial score (nSPS) is 18.4. The Hall–Kier alpha value is -4.82. The van der Waals surface area contributed by atoms with Gasteiger partial charge in [0.25, 0.3) is 0 Å². The number of unbranched alkanes of at least 4 members (excludes halogenated alkanes) is 1. The molecule has 1 aliphatic carbocycles. The van der Waals surface area contributed by atoms with E-state index in [1.165, 1.54) is 40.6 Å². The van der Waals surface area contributed by atoms with Gasteiger partial charge < -0.3 is 29.0 Å². The maximum Gasteiger partial charge on any atom is 0.222 e. The van der Waals surface area contributed by atoms with Crippen molar-refractivity contribution in [1.82, 2.24) is 35.6 Å². The Morgan fingerprint density at radius 3 is 2.64 bits per heavy atom. The molecule has 1 saturated heterocycles. The van der Waals surface area contributed by atoms with Crippen LogP contribution in [0, 0.1) is 5.41 Å². The van der Waals surface area contributed by atoms with Gasteiger partial charge in [-0.05, 0) is 107 Å². The fourth-order valence-electron chi connectivity index (χ4n) is 9.48. The molecule has 0 spiro atoms. The Morgan fingerprint density at radius 2 is 1.91 bits per heavy atom. The van der Waals surface area contributed by atoms with Gasteiger partial charge in [-0.2, -0.15) is 0 Å². The first kappa shape index (κ1) is 47.2. The molecule has 5 heterocycles. The lowest BCUT2D eigenvalue weighted by molar-refractivity contribution is -0.123. The number of hydrogen-bond acceptors (Lipinski definition) is 10. The van der Waals surface area contributed by atoms with E-state index in [0.29, 0.717) is 51.4 Å². The van der Waals surface area contributed by atoms with Crippen molar-refractivity contribution in [2.75, 3.05) is 64.6 Å². The molecular formula is C51H72N8O5. The molecule has 13 heteroatoms. The van der Waals surface area contributed by atoms with Crippen LogP contribution in [0.15, 0.2) is 54.9 Å². The summed E-state index contributed by atoms with van der Waals surface area (Å²) in [5, 5.41) is 4.48. The summed E-state index contributed by atoms with van der Waals surface area (Å²) in [5.74, 6) is 0.703. The predicted octanol–water partition coefficient (Wildman–Crippen LogP) is 7.70. The number of methoxy groups -OCH3 is 1. The minimum absolute atomic E-state index is 0.00731. The largest absolute Gasteiger partial charge is 0.498 e. The van der Waals surface area contributed by atoms with Crippen LogP contribution in [0.25, 0.3) is 33.4 Å². The summed E-state index contributed by atoms with van der Waals surface area (Å²) in [5.41, 5.74) is 16.1. The first-order valence-corrected chi connectivity index (χ1v) is 23.7. The van der Waals surface area contributed by atoms with Crippen molar-refractivity contribution in [2.45, 2.75) is 124 Å². The van der Waals surface area contributed by atoms with Crippen LogP contribution in [0.5, 0.6) is 0 Å². The van der Waals surface area contributed by atoms with E-state index in [9.17, 15) is 9.59 Å². The number of carbonyl (C=O) groups is 2. The molecule has 2 bridgehead atoms. The lowest BCUT2D eigenvalue weighted by Crippen LogP contribution is -2.47. The molecule has 64 heavy (non-hydrogen) atoms. The number of piperazine rings is 1. The van der Waals surface area contributed by atoms with Crippen LogP contribution in [-0.4, -0.2) is 103 Å². The summed E-state index contributed by atoms with van der Waals surface area (Å²) < 4.78 is 20.5. The van der Waals surface area contributed by atoms with E-state index < -0.39 is 0 Å². The molecule has 2 aliphatic heterocycles. The van der Waals surface area contributed by atoms with Gasteiger partial charge in [-0.15, -0.1) is 0 Å². The monoisotopic (exact) mass is 877 g/mol. The van der Waals surface area contributed by atoms with Crippen LogP contribution < -0.4 is 21.1 Å². The van der Waals surface area contributed by atoms with Crippen molar-refractivity contribution < 1.29 is 23.8 Å². The number of nitrogens with one attached hydrogen (secondary N) is 3. The molecule has 4 aromatic rings. The number of benzene rings is 1. The van der Waals surface area contributed by atoms with Crippen LogP contribution >= 0.6 is 0 Å². The number of aromatic nitrogens is 3. The summed E-state index contributed by atoms with van der Waals surface area (Å²) >= 11 is 0.